The summed E-state index contributed by atoms with van der Waals surface area (Å²) in [5.41, 5.74) is -0.270. The molecule has 0 heterocycles. The van der Waals surface area contributed by atoms with Crippen molar-refractivity contribution in [2.24, 2.45) is 28.6 Å². The van der Waals surface area contributed by atoms with Gasteiger partial charge in [0.15, 0.2) is 0 Å². The number of hydrogen-bond acceptors (Lipinski definition) is 1. The minimum Gasteiger partial charge on any atom is -0.357 e. The second-order valence-corrected chi connectivity index (χ2v) is 9.62. The Labute approximate surface area is 146 Å². The van der Waals surface area contributed by atoms with Crippen LogP contribution >= 0.6 is 0 Å². The van der Waals surface area contributed by atoms with Crippen molar-refractivity contribution in [2.75, 3.05) is 0 Å². The van der Waals surface area contributed by atoms with Crippen LogP contribution in [0.25, 0.3) is 0 Å². The molecule has 1 aliphatic rings. The van der Waals surface area contributed by atoms with E-state index in [4.69, 9.17) is 0 Å². The molecular weight excluding hydrogens is 346 g/mol. The molecule has 1 saturated carbocycles. The standard InChI is InChI=1S/C18H30F6O/c1-10(16(5,6)7)11-8-13(12(11)9-15(2,3)4)25-14(17(19,20)21)18(22,23)24/h10-14H,8-9H2,1-7H3. The van der Waals surface area contributed by atoms with Gasteiger partial charge in [0.2, 0.25) is 6.10 Å². The highest BCUT2D eigenvalue weighted by Gasteiger charge is 2.61. The predicted octanol–water partition coefficient (Wildman–Crippen LogP) is 6.62. The van der Waals surface area contributed by atoms with Crippen LogP contribution in [0.5, 0.6) is 0 Å². The van der Waals surface area contributed by atoms with E-state index in [0.717, 1.165) is 0 Å². The molecule has 0 aromatic heterocycles. The van der Waals surface area contributed by atoms with Gasteiger partial charge in [-0.1, -0.05) is 48.5 Å². The molecule has 4 atom stereocenters. The van der Waals surface area contributed by atoms with Gasteiger partial charge < -0.3 is 4.74 Å². The van der Waals surface area contributed by atoms with Crippen molar-refractivity contribution < 1.29 is 31.1 Å². The van der Waals surface area contributed by atoms with Gasteiger partial charge in [-0.05, 0) is 41.4 Å². The highest BCUT2D eigenvalue weighted by atomic mass is 19.4. The van der Waals surface area contributed by atoms with Gasteiger partial charge in [-0.15, -0.1) is 0 Å². The molecule has 0 N–H and O–H groups in total. The first-order valence-electron chi connectivity index (χ1n) is 8.63. The summed E-state index contributed by atoms with van der Waals surface area (Å²) in [6.45, 7) is 13.9. The molecule has 0 aromatic carbocycles. The molecule has 0 bridgehead atoms. The van der Waals surface area contributed by atoms with E-state index >= 15 is 0 Å². The first-order valence-corrected chi connectivity index (χ1v) is 8.63. The summed E-state index contributed by atoms with van der Waals surface area (Å²) in [5.74, 6) is -0.0670. The molecule has 150 valence electrons. The minimum absolute atomic E-state index is 0.0614. The number of halogens is 6. The zero-order valence-electron chi connectivity index (χ0n) is 16.0. The van der Waals surface area contributed by atoms with Gasteiger partial charge >= 0.3 is 12.4 Å². The van der Waals surface area contributed by atoms with Crippen molar-refractivity contribution in [3.63, 3.8) is 0 Å². The number of rotatable bonds is 4. The molecule has 0 spiro atoms. The number of alkyl halides is 6. The smallest absolute Gasteiger partial charge is 0.357 e. The third kappa shape index (κ3) is 6.04. The van der Waals surface area contributed by atoms with Crippen molar-refractivity contribution in [3.05, 3.63) is 0 Å². The molecule has 1 aliphatic carbocycles. The van der Waals surface area contributed by atoms with Gasteiger partial charge in [-0.2, -0.15) is 26.3 Å². The zero-order valence-corrected chi connectivity index (χ0v) is 16.0. The van der Waals surface area contributed by atoms with Crippen molar-refractivity contribution in [3.8, 4) is 0 Å². The summed E-state index contributed by atoms with van der Waals surface area (Å²) in [6.07, 6.45) is -14.9. The lowest BCUT2D eigenvalue weighted by Crippen LogP contribution is -2.55. The van der Waals surface area contributed by atoms with Crippen molar-refractivity contribution in [2.45, 2.75) is 85.9 Å². The maximum atomic E-state index is 12.8. The van der Waals surface area contributed by atoms with E-state index in [2.05, 4.69) is 4.74 Å². The van der Waals surface area contributed by atoms with Crippen LogP contribution in [0.4, 0.5) is 26.3 Å². The summed E-state index contributed by atoms with van der Waals surface area (Å²) in [5, 5.41) is 0. The molecule has 0 saturated heterocycles. The summed E-state index contributed by atoms with van der Waals surface area (Å²) in [7, 11) is 0. The molecule has 0 aliphatic heterocycles. The van der Waals surface area contributed by atoms with Crippen molar-refractivity contribution >= 4 is 0 Å². The molecule has 1 fully saturated rings. The second kappa shape index (κ2) is 6.93. The average Bonchev–Trinajstić information content (AvgIpc) is 2.29. The summed E-state index contributed by atoms with van der Waals surface area (Å²) in [6, 6.07) is 0. The van der Waals surface area contributed by atoms with Crippen LogP contribution in [-0.2, 0) is 4.74 Å². The third-order valence-electron chi connectivity index (χ3n) is 5.29. The normalized spacial score (nSPS) is 27.4. The van der Waals surface area contributed by atoms with Crippen LogP contribution in [0, 0.1) is 28.6 Å². The zero-order chi connectivity index (χ0) is 20.0. The Kier molecular flexibility index (Phi) is 6.26. The summed E-state index contributed by atoms with van der Waals surface area (Å²) in [4.78, 5) is 0. The molecule has 0 radical (unpaired) electrons. The van der Waals surface area contributed by atoms with Gasteiger partial charge in [0.25, 0.3) is 0 Å². The largest absolute Gasteiger partial charge is 0.423 e. The lowest BCUT2D eigenvalue weighted by Gasteiger charge is -2.53. The first kappa shape index (κ1) is 22.6. The van der Waals surface area contributed by atoms with Crippen molar-refractivity contribution in [1.82, 2.24) is 0 Å². The Morgan fingerprint density at radius 1 is 0.880 bits per heavy atom. The highest BCUT2D eigenvalue weighted by Crippen LogP contribution is 2.53. The average molecular weight is 376 g/mol. The van der Waals surface area contributed by atoms with Crippen LogP contribution in [0.3, 0.4) is 0 Å². The third-order valence-corrected chi connectivity index (χ3v) is 5.29. The minimum atomic E-state index is -5.45. The number of ether oxygens (including phenoxy) is 1. The van der Waals surface area contributed by atoms with Gasteiger partial charge in [0.05, 0.1) is 6.10 Å². The molecule has 1 nitrogen and oxygen atoms in total. The maximum absolute atomic E-state index is 12.8. The van der Waals surface area contributed by atoms with E-state index in [1.54, 1.807) is 0 Å². The molecule has 25 heavy (non-hydrogen) atoms. The molecule has 0 amide bonds. The van der Waals surface area contributed by atoms with E-state index in [9.17, 15) is 26.3 Å². The van der Waals surface area contributed by atoms with Gasteiger partial charge in [-0.25, -0.2) is 0 Å². The van der Waals surface area contributed by atoms with E-state index < -0.39 is 24.6 Å². The van der Waals surface area contributed by atoms with Crippen LogP contribution in [0.2, 0.25) is 0 Å². The fraction of sp³-hybridized carbons (Fsp3) is 1.00. The molecule has 4 unspecified atom stereocenters. The van der Waals surface area contributed by atoms with Crippen LogP contribution in [0.15, 0.2) is 0 Å². The Hall–Kier alpha value is -0.460. The SMILES string of the molecule is CC(C1CC(OC(C(F)(F)F)C(F)(F)F)C1CC(C)(C)C)C(C)(C)C. The Morgan fingerprint density at radius 3 is 1.64 bits per heavy atom. The molecule has 0 aromatic rings. The lowest BCUT2D eigenvalue weighted by molar-refractivity contribution is -0.345. The van der Waals surface area contributed by atoms with Gasteiger partial charge in [-0.3, -0.25) is 0 Å². The maximum Gasteiger partial charge on any atom is 0.423 e. The molecule has 1 rings (SSSR count). The monoisotopic (exact) mass is 376 g/mol. The Bertz CT molecular complexity index is 426. The lowest BCUT2D eigenvalue weighted by atomic mass is 9.56. The quantitative estimate of drug-likeness (QED) is 0.501. The van der Waals surface area contributed by atoms with Gasteiger partial charge in [0, 0.05) is 0 Å². The predicted molar refractivity (Wildman–Crippen MR) is 85.1 cm³/mol. The van der Waals surface area contributed by atoms with E-state index in [0.29, 0.717) is 6.42 Å². The highest BCUT2D eigenvalue weighted by molar-refractivity contribution is 4.98. The number of hydrogen-bond donors (Lipinski definition) is 0. The van der Waals surface area contributed by atoms with E-state index in [-0.39, 0.29) is 35.0 Å². The Balaban J connectivity index is 2.99. The van der Waals surface area contributed by atoms with Crippen LogP contribution in [0.1, 0.15) is 61.3 Å². The van der Waals surface area contributed by atoms with Gasteiger partial charge in [0.1, 0.15) is 0 Å². The summed E-state index contributed by atoms with van der Waals surface area (Å²) >= 11 is 0. The molecular formula is C18H30F6O. The van der Waals surface area contributed by atoms with E-state index in [1.807, 2.05) is 48.5 Å². The first-order chi connectivity index (χ1) is 10.8. The van der Waals surface area contributed by atoms with Crippen molar-refractivity contribution in [1.29, 1.82) is 0 Å². The topological polar surface area (TPSA) is 9.23 Å². The van der Waals surface area contributed by atoms with Crippen LogP contribution in [-0.4, -0.2) is 24.6 Å². The molecule has 7 heteroatoms. The van der Waals surface area contributed by atoms with E-state index in [1.165, 1.54) is 0 Å². The second-order valence-electron chi connectivity index (χ2n) is 9.62. The van der Waals surface area contributed by atoms with Crippen LogP contribution < -0.4 is 0 Å². The summed E-state index contributed by atoms with van der Waals surface area (Å²) < 4.78 is 81.4. The fourth-order valence-electron chi connectivity index (χ4n) is 3.58. The Morgan fingerprint density at radius 2 is 1.32 bits per heavy atom. The fourth-order valence-corrected chi connectivity index (χ4v) is 3.58.